The van der Waals surface area contributed by atoms with Crippen LogP contribution >= 0.6 is 11.6 Å². The average molecular weight is 412 g/mol. The molecule has 122 valence electrons. The third-order valence-electron chi connectivity index (χ3n) is 3.86. The molecule has 4 heteroatoms. The number of halogens is 1. The molecule has 0 N–H and O–H groups in total. The van der Waals surface area contributed by atoms with Gasteiger partial charge in [-0.3, -0.25) is 0 Å². The fraction of sp³-hybridized carbons (Fsp3) is 0. The minimum absolute atomic E-state index is 0.00698. The Labute approximate surface area is 156 Å². The summed E-state index contributed by atoms with van der Waals surface area (Å²) in [6.07, 6.45) is 0. The van der Waals surface area contributed by atoms with Gasteiger partial charge in [-0.25, -0.2) is 0 Å². The molecule has 3 aromatic carbocycles. The van der Waals surface area contributed by atoms with Crippen LogP contribution in [0.25, 0.3) is 22.1 Å². The Bertz CT molecular complexity index is 1090. The molecule has 0 atom stereocenters. The molecule has 0 aliphatic heterocycles. The van der Waals surface area contributed by atoms with Crippen LogP contribution in [0, 0.1) is 0 Å². The van der Waals surface area contributed by atoms with E-state index in [1.165, 1.54) is 4.46 Å². The molecule has 0 saturated carbocycles. The van der Waals surface area contributed by atoms with Crippen molar-refractivity contribution in [1.29, 1.82) is 0 Å². The monoisotopic (exact) mass is 412 g/mol. The van der Waals surface area contributed by atoms with E-state index in [-0.39, 0.29) is 20.6 Å². The van der Waals surface area contributed by atoms with E-state index in [1.54, 1.807) is 0 Å². The number of benzene rings is 3. The number of hydrogen-bond acceptors (Lipinski definition) is 2. The summed E-state index contributed by atoms with van der Waals surface area (Å²) in [5.41, 5.74) is 0.549. The van der Waals surface area contributed by atoms with Crippen LogP contribution in [0.5, 0.6) is 0 Å². The van der Waals surface area contributed by atoms with Gasteiger partial charge in [0.15, 0.2) is 0 Å². The molecule has 0 amide bonds. The predicted octanol–water partition coefficient (Wildman–Crippen LogP) is 3.77. The summed E-state index contributed by atoms with van der Waals surface area (Å²) in [5.74, 6) is 0.629. The van der Waals surface area contributed by atoms with Crippen molar-refractivity contribution in [2.45, 2.75) is 0 Å². The SMILES string of the molecule is O=c1oc(-c2ccc(Cl)cc2)c([Se]c2ccccc2)c2ccccc12. The van der Waals surface area contributed by atoms with Gasteiger partial charge in [0, 0.05) is 0 Å². The van der Waals surface area contributed by atoms with Gasteiger partial charge >= 0.3 is 156 Å². The molecule has 0 spiro atoms. The van der Waals surface area contributed by atoms with Crippen LogP contribution in [0.2, 0.25) is 5.02 Å². The Hall–Kier alpha value is -2.32. The first-order valence-corrected chi connectivity index (χ1v) is 9.86. The fourth-order valence-corrected chi connectivity index (χ4v) is 5.04. The zero-order chi connectivity index (χ0) is 17.2. The molecule has 0 aliphatic carbocycles. The van der Waals surface area contributed by atoms with Crippen molar-refractivity contribution in [3.8, 4) is 11.3 Å². The second-order valence-electron chi connectivity index (χ2n) is 5.52. The summed E-state index contributed by atoms with van der Waals surface area (Å²) in [5, 5.41) is 2.22. The molecule has 0 fully saturated rings. The molecule has 0 saturated heterocycles. The quantitative estimate of drug-likeness (QED) is 0.480. The van der Waals surface area contributed by atoms with Crippen LogP contribution < -0.4 is 14.5 Å². The minimum atomic E-state index is -0.312. The van der Waals surface area contributed by atoms with Crippen LogP contribution in [0.4, 0.5) is 0 Å². The second-order valence-corrected chi connectivity index (χ2v) is 8.23. The molecule has 0 radical (unpaired) electrons. The summed E-state index contributed by atoms with van der Waals surface area (Å²) in [7, 11) is 0. The molecule has 4 rings (SSSR count). The zero-order valence-corrected chi connectivity index (χ0v) is 15.6. The van der Waals surface area contributed by atoms with Gasteiger partial charge in [0.05, 0.1) is 0 Å². The molecule has 1 heterocycles. The van der Waals surface area contributed by atoms with E-state index in [2.05, 4.69) is 12.1 Å². The second kappa shape index (κ2) is 6.89. The van der Waals surface area contributed by atoms with Crippen molar-refractivity contribution < 1.29 is 4.42 Å². The summed E-state index contributed by atoms with van der Waals surface area (Å²) in [6.45, 7) is 0. The van der Waals surface area contributed by atoms with Crippen molar-refractivity contribution in [3.05, 3.63) is 94.3 Å². The van der Waals surface area contributed by atoms with Crippen molar-refractivity contribution in [3.63, 3.8) is 0 Å². The molecular weight excluding hydrogens is 399 g/mol. The van der Waals surface area contributed by atoms with Gasteiger partial charge < -0.3 is 0 Å². The first-order chi connectivity index (χ1) is 12.2. The van der Waals surface area contributed by atoms with Crippen molar-refractivity contribution in [2.24, 2.45) is 0 Å². The van der Waals surface area contributed by atoms with Gasteiger partial charge in [0.25, 0.3) is 0 Å². The van der Waals surface area contributed by atoms with Gasteiger partial charge in [0.2, 0.25) is 0 Å². The van der Waals surface area contributed by atoms with E-state index in [0.717, 1.165) is 15.4 Å². The third-order valence-corrected chi connectivity index (χ3v) is 6.46. The summed E-state index contributed by atoms with van der Waals surface area (Å²) in [4.78, 5) is 12.5. The molecule has 1 aromatic heterocycles. The van der Waals surface area contributed by atoms with E-state index < -0.39 is 0 Å². The Morgan fingerprint density at radius 2 is 1.40 bits per heavy atom. The van der Waals surface area contributed by atoms with Gasteiger partial charge in [-0.15, -0.1) is 0 Å². The van der Waals surface area contributed by atoms with Crippen LogP contribution in [0.3, 0.4) is 0 Å². The maximum atomic E-state index is 12.5. The van der Waals surface area contributed by atoms with Gasteiger partial charge in [0.1, 0.15) is 0 Å². The molecular formula is C21H13ClO2Se. The third kappa shape index (κ3) is 3.27. The number of fused-ring (bicyclic) bond motifs is 1. The van der Waals surface area contributed by atoms with Crippen LogP contribution in [-0.2, 0) is 0 Å². The predicted molar refractivity (Wildman–Crippen MR) is 104 cm³/mol. The zero-order valence-electron chi connectivity index (χ0n) is 13.1. The first kappa shape index (κ1) is 16.2. The van der Waals surface area contributed by atoms with Crippen molar-refractivity contribution in [2.75, 3.05) is 0 Å². The van der Waals surface area contributed by atoms with E-state index >= 15 is 0 Å². The van der Waals surface area contributed by atoms with Gasteiger partial charge in [-0.1, -0.05) is 0 Å². The van der Waals surface area contributed by atoms with Crippen molar-refractivity contribution in [1.82, 2.24) is 0 Å². The van der Waals surface area contributed by atoms with E-state index in [4.69, 9.17) is 16.0 Å². The molecule has 4 aromatic rings. The molecule has 0 bridgehead atoms. The Morgan fingerprint density at radius 3 is 2.12 bits per heavy atom. The number of hydrogen-bond donors (Lipinski definition) is 0. The normalized spacial score (nSPS) is 10.9. The van der Waals surface area contributed by atoms with Crippen LogP contribution in [-0.4, -0.2) is 15.0 Å². The summed E-state index contributed by atoms with van der Waals surface area (Å²) >= 11 is 6.01. The molecule has 0 unspecified atom stereocenters. The van der Waals surface area contributed by atoms with E-state index in [0.29, 0.717) is 16.2 Å². The topological polar surface area (TPSA) is 30.2 Å². The fourth-order valence-electron chi connectivity index (χ4n) is 2.67. The van der Waals surface area contributed by atoms with Gasteiger partial charge in [-0.05, 0) is 0 Å². The van der Waals surface area contributed by atoms with E-state index in [1.807, 2.05) is 66.7 Å². The molecule has 0 aliphatic rings. The van der Waals surface area contributed by atoms with Crippen molar-refractivity contribution >= 4 is 46.3 Å². The van der Waals surface area contributed by atoms with Crippen LogP contribution in [0.1, 0.15) is 0 Å². The Balaban J connectivity index is 1.99. The van der Waals surface area contributed by atoms with Gasteiger partial charge in [-0.2, -0.15) is 0 Å². The standard InChI is InChI=1S/C21H13ClO2Se/c22-15-12-10-14(11-13-15)19-20(25-16-6-2-1-3-7-16)17-8-4-5-9-18(17)21(23)24-19/h1-13H. The maximum absolute atomic E-state index is 12.5. The Morgan fingerprint density at radius 1 is 0.760 bits per heavy atom. The summed E-state index contributed by atoms with van der Waals surface area (Å²) < 4.78 is 8.03. The molecule has 25 heavy (non-hydrogen) atoms. The average Bonchev–Trinajstić information content (AvgIpc) is 2.66. The van der Waals surface area contributed by atoms with Crippen LogP contribution in [0.15, 0.2) is 88.1 Å². The summed E-state index contributed by atoms with van der Waals surface area (Å²) in [6, 6.07) is 25.3. The molecule has 2 nitrogen and oxygen atoms in total. The van der Waals surface area contributed by atoms with E-state index in [9.17, 15) is 4.79 Å². The number of rotatable bonds is 3. The Kier molecular flexibility index (Phi) is 4.46. The first-order valence-electron chi connectivity index (χ1n) is 7.77.